The monoisotopic (exact) mass is 551 g/mol. The summed E-state index contributed by atoms with van der Waals surface area (Å²) in [6.45, 7) is 12.8. The maximum absolute atomic E-state index is 14.2. The molecule has 7 heteroatoms. The molecule has 0 heterocycles. The molecule has 2 unspecified atom stereocenters. The average Bonchev–Trinajstić information content (AvgIpc) is 2.92. The van der Waals surface area contributed by atoms with Crippen molar-refractivity contribution in [1.29, 1.82) is 0 Å². The van der Waals surface area contributed by atoms with Crippen molar-refractivity contribution >= 4 is 29.7 Å². The molecular weight excluding hydrogens is 514 g/mol. The molecule has 0 saturated heterocycles. The van der Waals surface area contributed by atoms with Crippen LogP contribution in [0.15, 0.2) is 79.4 Å². The van der Waals surface area contributed by atoms with E-state index in [0.29, 0.717) is 11.3 Å². The fourth-order valence-electron chi connectivity index (χ4n) is 4.41. The van der Waals surface area contributed by atoms with Crippen molar-refractivity contribution in [2.75, 3.05) is 5.32 Å². The summed E-state index contributed by atoms with van der Waals surface area (Å²) in [7, 11) is 0. The van der Waals surface area contributed by atoms with Gasteiger partial charge < -0.3 is 15.4 Å². The van der Waals surface area contributed by atoms with Crippen molar-refractivity contribution in [1.82, 2.24) is 10.2 Å². The second kappa shape index (κ2) is 13.5. The lowest BCUT2D eigenvalue weighted by Gasteiger charge is -2.31. The molecule has 0 fully saturated rings. The van der Waals surface area contributed by atoms with Gasteiger partial charge in [-0.25, -0.2) is 4.79 Å². The number of hydrogen-bond donors (Lipinski definition) is 2. The summed E-state index contributed by atoms with van der Waals surface area (Å²) in [5.41, 5.74) is 3.63. The molecule has 41 heavy (non-hydrogen) atoms. The van der Waals surface area contributed by atoms with E-state index >= 15 is 0 Å². The molecule has 212 valence electrons. The van der Waals surface area contributed by atoms with Crippen molar-refractivity contribution in [2.24, 2.45) is 0 Å². The van der Waals surface area contributed by atoms with E-state index < -0.39 is 35.6 Å². The highest BCUT2D eigenvalue weighted by molar-refractivity contribution is 6.00. The van der Waals surface area contributed by atoms with Crippen LogP contribution in [0.1, 0.15) is 54.6 Å². The van der Waals surface area contributed by atoms with E-state index in [1.54, 1.807) is 45.0 Å². The van der Waals surface area contributed by atoms with E-state index in [1.807, 2.05) is 68.4 Å². The number of benzene rings is 3. The third kappa shape index (κ3) is 8.33. The number of carbonyl (C=O) groups excluding carboxylic acids is 3. The minimum absolute atomic E-state index is 0.134. The Kier molecular flexibility index (Phi) is 10.1. The summed E-state index contributed by atoms with van der Waals surface area (Å²) in [5, 5.41) is 5.66. The highest BCUT2D eigenvalue weighted by Crippen LogP contribution is 2.27. The van der Waals surface area contributed by atoms with Gasteiger partial charge in [0.15, 0.2) is 0 Å². The lowest BCUT2D eigenvalue weighted by atomic mass is 9.99. The summed E-state index contributed by atoms with van der Waals surface area (Å²) < 4.78 is 5.43. The minimum atomic E-state index is -1.20. The van der Waals surface area contributed by atoms with Gasteiger partial charge in [0, 0.05) is 18.2 Å². The van der Waals surface area contributed by atoms with Crippen LogP contribution in [0.4, 0.5) is 10.5 Å². The summed E-state index contributed by atoms with van der Waals surface area (Å²) in [6, 6.07) is 22.1. The predicted octanol–water partition coefficient (Wildman–Crippen LogP) is 6.18. The number of nitrogens with zero attached hydrogens (tertiary/aromatic N) is 1. The molecule has 3 amide bonds. The molecule has 3 rings (SSSR count). The first-order valence-corrected chi connectivity index (χ1v) is 13.4. The molecule has 0 aliphatic heterocycles. The Hall–Kier alpha value is -4.83. The molecule has 0 aromatic heterocycles. The first-order valence-electron chi connectivity index (χ1n) is 13.4. The van der Waals surface area contributed by atoms with E-state index in [9.17, 15) is 14.4 Å². The highest BCUT2D eigenvalue weighted by Gasteiger charge is 2.36. The Balaban J connectivity index is 2.06. The standard InChI is InChI=1S/C34H37N3O4/c1-8-25-19-14-20-27(21-25)30(31(38)36-29-23(3)15-13-16-24(29)4)37(9-2)32(39)28(22-26-17-11-10-12-18-26)35-33(40)41-34(5,6)7/h2,8,10-21,28,30H,1,22H2,3-7H3,(H,35,40)(H,36,38). The van der Waals surface area contributed by atoms with Crippen LogP contribution < -0.4 is 10.6 Å². The first kappa shape index (κ1) is 30.7. The molecule has 0 spiro atoms. The molecular formula is C34H37N3O4. The van der Waals surface area contributed by atoms with Gasteiger partial charge in [-0.15, -0.1) is 0 Å². The minimum Gasteiger partial charge on any atom is -0.444 e. The number of aryl methyl sites for hydroxylation is 2. The highest BCUT2D eigenvalue weighted by atomic mass is 16.6. The molecule has 7 nitrogen and oxygen atoms in total. The van der Waals surface area contributed by atoms with Crippen LogP contribution >= 0.6 is 0 Å². The van der Waals surface area contributed by atoms with Gasteiger partial charge in [-0.05, 0) is 68.5 Å². The largest absolute Gasteiger partial charge is 0.444 e. The van der Waals surface area contributed by atoms with Gasteiger partial charge in [0.1, 0.15) is 17.7 Å². The van der Waals surface area contributed by atoms with Crippen LogP contribution in [0.3, 0.4) is 0 Å². The molecule has 0 bridgehead atoms. The number of carbonyl (C=O) groups is 3. The number of nitrogens with one attached hydrogen (secondary N) is 2. The van der Waals surface area contributed by atoms with Crippen LogP contribution in [-0.4, -0.2) is 34.5 Å². The zero-order valence-electron chi connectivity index (χ0n) is 24.2. The quantitative estimate of drug-likeness (QED) is 0.246. The smallest absolute Gasteiger partial charge is 0.408 e. The molecule has 0 radical (unpaired) electrons. The number of alkyl carbamates (subject to hydrolysis) is 1. The Labute approximate surface area is 242 Å². The number of ether oxygens (including phenoxy) is 1. The van der Waals surface area contributed by atoms with E-state index in [2.05, 4.69) is 23.3 Å². The lowest BCUT2D eigenvalue weighted by Crippen LogP contribution is -2.51. The Bertz CT molecular complexity index is 1430. The van der Waals surface area contributed by atoms with Crippen LogP contribution in [-0.2, 0) is 20.7 Å². The number of anilines is 1. The van der Waals surface area contributed by atoms with Crippen LogP contribution in [0.2, 0.25) is 0 Å². The SMILES string of the molecule is C#CN(C(=O)C(Cc1ccccc1)NC(=O)OC(C)(C)C)C(C(=O)Nc1c(C)cccc1C)c1cccc(C=C)c1. The van der Waals surface area contributed by atoms with E-state index in [-0.39, 0.29) is 6.42 Å². The zero-order valence-corrected chi connectivity index (χ0v) is 24.2. The second-order valence-corrected chi connectivity index (χ2v) is 10.8. The van der Waals surface area contributed by atoms with E-state index in [0.717, 1.165) is 27.2 Å². The van der Waals surface area contributed by atoms with Gasteiger partial charge in [0.05, 0.1) is 0 Å². The van der Waals surface area contributed by atoms with Crippen molar-refractivity contribution in [3.05, 3.63) is 107 Å². The molecule has 3 aromatic rings. The van der Waals surface area contributed by atoms with Crippen molar-refractivity contribution < 1.29 is 19.1 Å². The Morgan fingerprint density at radius 1 is 1.00 bits per heavy atom. The molecule has 0 saturated carbocycles. The second-order valence-electron chi connectivity index (χ2n) is 10.8. The van der Waals surface area contributed by atoms with Gasteiger partial charge in [-0.1, -0.05) is 85.8 Å². The zero-order chi connectivity index (χ0) is 30.2. The fraction of sp³-hybridized carbons (Fsp3) is 0.265. The number of para-hydroxylation sites is 1. The van der Waals surface area contributed by atoms with Crippen LogP contribution in [0.5, 0.6) is 0 Å². The average molecular weight is 552 g/mol. The lowest BCUT2D eigenvalue weighted by molar-refractivity contribution is -0.136. The third-order valence-electron chi connectivity index (χ3n) is 6.35. The van der Waals surface area contributed by atoms with E-state index in [4.69, 9.17) is 11.2 Å². The predicted molar refractivity (Wildman–Crippen MR) is 163 cm³/mol. The van der Waals surface area contributed by atoms with Gasteiger partial charge in [-0.2, -0.15) is 0 Å². The third-order valence-corrected chi connectivity index (χ3v) is 6.35. The van der Waals surface area contributed by atoms with E-state index in [1.165, 1.54) is 0 Å². The fourth-order valence-corrected chi connectivity index (χ4v) is 4.41. The molecule has 3 aromatic carbocycles. The number of terminal acetylenes is 1. The van der Waals surface area contributed by atoms with Crippen LogP contribution in [0, 0.1) is 26.3 Å². The van der Waals surface area contributed by atoms with Crippen LogP contribution in [0.25, 0.3) is 6.08 Å². The molecule has 0 aliphatic rings. The maximum atomic E-state index is 14.2. The normalized spacial score (nSPS) is 12.3. The number of hydrogen-bond acceptors (Lipinski definition) is 4. The van der Waals surface area contributed by atoms with Crippen molar-refractivity contribution in [3.63, 3.8) is 0 Å². The first-order chi connectivity index (χ1) is 19.4. The Morgan fingerprint density at radius 2 is 1.63 bits per heavy atom. The molecule has 0 aliphatic carbocycles. The summed E-state index contributed by atoms with van der Waals surface area (Å²) in [4.78, 5) is 42.0. The summed E-state index contributed by atoms with van der Waals surface area (Å²) in [6.07, 6.45) is 6.96. The maximum Gasteiger partial charge on any atom is 0.408 e. The van der Waals surface area contributed by atoms with Gasteiger partial charge in [0.25, 0.3) is 11.8 Å². The summed E-state index contributed by atoms with van der Waals surface area (Å²) >= 11 is 0. The number of rotatable bonds is 9. The topological polar surface area (TPSA) is 87.7 Å². The van der Waals surface area contributed by atoms with Crippen molar-refractivity contribution in [3.8, 4) is 12.5 Å². The van der Waals surface area contributed by atoms with Gasteiger partial charge >= 0.3 is 6.09 Å². The van der Waals surface area contributed by atoms with Gasteiger partial charge in [0.2, 0.25) is 0 Å². The summed E-state index contributed by atoms with van der Waals surface area (Å²) in [5.74, 6) is -1.13. The van der Waals surface area contributed by atoms with Crippen molar-refractivity contribution in [2.45, 2.75) is 58.7 Å². The molecule has 2 N–H and O–H groups in total. The number of amides is 3. The Morgan fingerprint density at radius 3 is 2.22 bits per heavy atom. The van der Waals surface area contributed by atoms with Gasteiger partial charge in [-0.3, -0.25) is 14.5 Å². The molecule has 2 atom stereocenters.